The average Bonchev–Trinajstić information content (AvgIpc) is 2.93. The second-order valence-corrected chi connectivity index (χ2v) is 5.12. The third-order valence-electron chi connectivity index (χ3n) is 3.22. The second kappa shape index (κ2) is 7.13. The van der Waals surface area contributed by atoms with Crippen LogP contribution in [0.4, 0.5) is 0 Å². The Morgan fingerprint density at radius 2 is 2.19 bits per heavy atom. The normalized spacial score (nSPS) is 12.2. The Labute approximate surface area is 125 Å². The minimum Gasteiger partial charge on any atom is -0.493 e. The monoisotopic (exact) mass is 289 g/mol. The largest absolute Gasteiger partial charge is 0.493 e. The number of aryl methyl sites for hydroxylation is 1. The molecule has 0 spiro atoms. The molecule has 1 heterocycles. The molecule has 21 heavy (non-hydrogen) atoms. The van der Waals surface area contributed by atoms with Gasteiger partial charge in [-0.25, -0.2) is 0 Å². The highest BCUT2D eigenvalue weighted by atomic mass is 16.5. The summed E-state index contributed by atoms with van der Waals surface area (Å²) in [5, 5.41) is 4.25. The minimum absolute atomic E-state index is 0.0716. The van der Waals surface area contributed by atoms with E-state index in [-0.39, 0.29) is 6.04 Å². The van der Waals surface area contributed by atoms with Gasteiger partial charge in [0.25, 0.3) is 0 Å². The van der Waals surface area contributed by atoms with E-state index in [2.05, 4.69) is 12.0 Å². The molecule has 0 aliphatic carbocycles. The van der Waals surface area contributed by atoms with Gasteiger partial charge in [0.15, 0.2) is 11.5 Å². The van der Waals surface area contributed by atoms with Gasteiger partial charge in [-0.15, -0.1) is 0 Å². The number of nitrogens with zero attached hydrogens (tertiary/aromatic N) is 2. The van der Waals surface area contributed by atoms with Gasteiger partial charge in [-0.3, -0.25) is 4.68 Å². The zero-order valence-electron chi connectivity index (χ0n) is 12.9. The van der Waals surface area contributed by atoms with Crippen LogP contribution in [-0.2, 0) is 19.6 Å². The molecule has 0 aliphatic heterocycles. The fourth-order valence-electron chi connectivity index (χ4n) is 2.20. The Bertz CT molecular complexity index is 579. The molecule has 2 aromatic rings. The lowest BCUT2D eigenvalue weighted by molar-refractivity contribution is 0.281. The van der Waals surface area contributed by atoms with Gasteiger partial charge in [0.05, 0.1) is 13.3 Å². The molecular weight excluding hydrogens is 266 g/mol. The van der Waals surface area contributed by atoms with Gasteiger partial charge in [-0.1, -0.05) is 12.1 Å². The van der Waals surface area contributed by atoms with E-state index in [0.29, 0.717) is 6.61 Å². The predicted molar refractivity (Wildman–Crippen MR) is 82.6 cm³/mol. The molecule has 0 fully saturated rings. The number of rotatable bonds is 7. The molecule has 0 saturated heterocycles. The van der Waals surface area contributed by atoms with Crippen LogP contribution < -0.4 is 15.2 Å². The van der Waals surface area contributed by atoms with Crippen LogP contribution in [0.1, 0.15) is 25.0 Å². The smallest absolute Gasteiger partial charge is 0.164 e. The lowest BCUT2D eigenvalue weighted by atomic mass is 10.1. The third kappa shape index (κ3) is 3.98. The van der Waals surface area contributed by atoms with Crippen molar-refractivity contribution in [3.8, 4) is 11.5 Å². The van der Waals surface area contributed by atoms with Crippen LogP contribution in [0.3, 0.4) is 0 Å². The van der Waals surface area contributed by atoms with Gasteiger partial charge in [-0.2, -0.15) is 5.10 Å². The molecule has 0 bridgehead atoms. The van der Waals surface area contributed by atoms with Crippen molar-refractivity contribution in [2.24, 2.45) is 5.73 Å². The van der Waals surface area contributed by atoms with Gasteiger partial charge in [0.2, 0.25) is 0 Å². The maximum absolute atomic E-state index is 5.97. The molecule has 1 atom stereocenters. The van der Waals surface area contributed by atoms with Crippen molar-refractivity contribution in [3.63, 3.8) is 0 Å². The third-order valence-corrected chi connectivity index (χ3v) is 3.22. The molecule has 5 nitrogen and oxygen atoms in total. The molecule has 0 amide bonds. The van der Waals surface area contributed by atoms with Gasteiger partial charge in [0, 0.05) is 24.3 Å². The minimum atomic E-state index is 0.0716. The molecule has 2 N–H and O–H groups in total. The van der Waals surface area contributed by atoms with Gasteiger partial charge in [0.1, 0.15) is 6.61 Å². The van der Waals surface area contributed by atoms with Crippen LogP contribution in [0.2, 0.25) is 0 Å². The molecular formula is C16H23N3O2. The highest BCUT2D eigenvalue weighted by molar-refractivity contribution is 5.47. The first-order valence-corrected chi connectivity index (χ1v) is 7.19. The number of nitrogens with two attached hydrogens (primary N) is 1. The fourth-order valence-corrected chi connectivity index (χ4v) is 2.20. The highest BCUT2D eigenvalue weighted by Crippen LogP contribution is 2.32. The zero-order chi connectivity index (χ0) is 15.2. The average molecular weight is 289 g/mol. The highest BCUT2D eigenvalue weighted by Gasteiger charge is 2.12. The molecule has 0 aliphatic rings. The zero-order valence-corrected chi connectivity index (χ0v) is 12.9. The first-order chi connectivity index (χ1) is 10.1. The first kappa shape index (κ1) is 15.4. The standard InChI is InChI=1S/C16H23N3O2/c1-4-19-10-13(9-18-19)11-21-16-14(8-12(2)17)6-5-7-15(16)20-3/h5-7,9-10,12H,4,8,11,17H2,1-3H3. The SMILES string of the molecule is CCn1cc(COc2c(CC(C)N)cccc2OC)cn1. The van der Waals surface area contributed by atoms with E-state index in [1.807, 2.05) is 42.2 Å². The number of aromatic nitrogens is 2. The quantitative estimate of drug-likeness (QED) is 0.850. The maximum Gasteiger partial charge on any atom is 0.164 e. The van der Waals surface area contributed by atoms with Crippen LogP contribution in [0.25, 0.3) is 0 Å². The van der Waals surface area contributed by atoms with Crippen molar-refractivity contribution < 1.29 is 9.47 Å². The molecule has 0 radical (unpaired) electrons. The maximum atomic E-state index is 5.97. The van der Waals surface area contributed by atoms with Crippen molar-refractivity contribution in [2.75, 3.05) is 7.11 Å². The summed E-state index contributed by atoms with van der Waals surface area (Å²) < 4.78 is 13.2. The lowest BCUT2D eigenvalue weighted by Gasteiger charge is -2.15. The molecule has 1 unspecified atom stereocenters. The number of hydrogen-bond acceptors (Lipinski definition) is 4. The van der Waals surface area contributed by atoms with E-state index < -0.39 is 0 Å². The molecule has 5 heteroatoms. The van der Waals surface area contributed by atoms with Crippen LogP contribution in [0.15, 0.2) is 30.6 Å². The summed E-state index contributed by atoms with van der Waals surface area (Å²) in [6.45, 7) is 5.35. The van der Waals surface area contributed by atoms with E-state index in [1.54, 1.807) is 7.11 Å². The Morgan fingerprint density at radius 3 is 2.81 bits per heavy atom. The van der Waals surface area contributed by atoms with Crippen LogP contribution >= 0.6 is 0 Å². The Balaban J connectivity index is 2.16. The fraction of sp³-hybridized carbons (Fsp3) is 0.438. The van der Waals surface area contributed by atoms with Crippen molar-refractivity contribution in [3.05, 3.63) is 41.7 Å². The summed E-state index contributed by atoms with van der Waals surface area (Å²) in [6, 6.07) is 5.95. The van der Waals surface area contributed by atoms with Crippen LogP contribution in [-0.4, -0.2) is 22.9 Å². The van der Waals surface area contributed by atoms with E-state index in [9.17, 15) is 0 Å². The summed E-state index contributed by atoms with van der Waals surface area (Å²) in [5.74, 6) is 1.50. The number of ether oxygens (including phenoxy) is 2. The van der Waals surface area contributed by atoms with Crippen molar-refractivity contribution in [1.82, 2.24) is 9.78 Å². The molecule has 0 saturated carbocycles. The molecule has 2 rings (SSSR count). The topological polar surface area (TPSA) is 62.3 Å². The van der Waals surface area contributed by atoms with E-state index in [4.69, 9.17) is 15.2 Å². The second-order valence-electron chi connectivity index (χ2n) is 5.12. The van der Waals surface area contributed by atoms with Gasteiger partial charge < -0.3 is 15.2 Å². The number of hydrogen-bond donors (Lipinski definition) is 1. The summed E-state index contributed by atoms with van der Waals surface area (Å²) in [7, 11) is 1.65. The molecule has 1 aromatic carbocycles. The van der Waals surface area contributed by atoms with Crippen molar-refractivity contribution in [2.45, 2.75) is 39.5 Å². The summed E-state index contributed by atoms with van der Waals surface area (Å²) in [6.07, 6.45) is 4.56. The van der Waals surface area contributed by atoms with Gasteiger partial charge >= 0.3 is 0 Å². The Kier molecular flexibility index (Phi) is 5.22. The Morgan fingerprint density at radius 1 is 1.38 bits per heavy atom. The van der Waals surface area contributed by atoms with Crippen LogP contribution in [0, 0.1) is 0 Å². The number of para-hydroxylation sites is 1. The Hall–Kier alpha value is -2.01. The van der Waals surface area contributed by atoms with E-state index in [1.165, 1.54) is 0 Å². The predicted octanol–water partition coefficient (Wildman–Crippen LogP) is 2.38. The van der Waals surface area contributed by atoms with Crippen LogP contribution in [0.5, 0.6) is 11.5 Å². The summed E-state index contributed by atoms with van der Waals surface area (Å²) >= 11 is 0. The summed E-state index contributed by atoms with van der Waals surface area (Å²) in [5.41, 5.74) is 8.00. The molecule has 114 valence electrons. The van der Waals surface area contributed by atoms with E-state index >= 15 is 0 Å². The number of benzene rings is 1. The van der Waals surface area contributed by atoms with Gasteiger partial charge in [-0.05, 0) is 31.9 Å². The van der Waals surface area contributed by atoms with Crippen molar-refractivity contribution in [1.29, 1.82) is 0 Å². The van der Waals surface area contributed by atoms with Crippen molar-refractivity contribution >= 4 is 0 Å². The first-order valence-electron chi connectivity index (χ1n) is 7.19. The summed E-state index contributed by atoms with van der Waals surface area (Å²) in [4.78, 5) is 0. The van der Waals surface area contributed by atoms with E-state index in [0.717, 1.165) is 35.6 Å². The number of methoxy groups -OCH3 is 1. The lowest BCUT2D eigenvalue weighted by Crippen LogP contribution is -2.18. The molecule has 1 aromatic heterocycles.